The number of rotatable bonds is 11. The summed E-state index contributed by atoms with van der Waals surface area (Å²) in [5.41, 5.74) is 11.0. The maximum atomic E-state index is 7.55. The van der Waals surface area contributed by atoms with E-state index in [1.165, 1.54) is 11.1 Å². The second-order valence-corrected chi connectivity index (χ2v) is 7.62. The molecule has 0 aliphatic heterocycles. The lowest BCUT2D eigenvalue weighted by atomic mass is 9.99. The molecule has 4 heteroatoms. The standard InChI is InChI=1S/C27H32N2O2/c1-3-7-21-9-5-6-10-25(21)30-17-18-31-26-16-15-23(19-24(26)8-4-2)20-11-13-22(14-12-20)27(28)29/h5-6,9-16,19H,3-4,7-8,17-18H2,1-2H3,(H3,28,29). The molecule has 0 amide bonds. The van der Waals surface area contributed by atoms with Gasteiger partial charge in [-0.1, -0.05) is 75.2 Å². The lowest BCUT2D eigenvalue weighted by Gasteiger charge is -2.15. The molecule has 0 bridgehead atoms. The van der Waals surface area contributed by atoms with Crippen LogP contribution in [0.5, 0.6) is 11.5 Å². The SMILES string of the molecule is CCCc1ccccc1OCCOc1ccc(-c2ccc(C(=N)N)cc2)cc1CCC. The van der Waals surface area contributed by atoms with Gasteiger partial charge in [-0.05, 0) is 53.3 Å². The van der Waals surface area contributed by atoms with Gasteiger partial charge in [0, 0.05) is 5.56 Å². The van der Waals surface area contributed by atoms with E-state index in [1.54, 1.807) is 0 Å². The van der Waals surface area contributed by atoms with Crippen LogP contribution in [0.25, 0.3) is 11.1 Å². The highest BCUT2D eigenvalue weighted by Gasteiger charge is 2.08. The number of para-hydroxylation sites is 1. The Morgan fingerprint density at radius 2 is 1.32 bits per heavy atom. The second-order valence-electron chi connectivity index (χ2n) is 7.62. The molecule has 0 unspecified atom stereocenters. The number of amidine groups is 1. The van der Waals surface area contributed by atoms with Crippen LogP contribution < -0.4 is 15.2 Å². The zero-order valence-corrected chi connectivity index (χ0v) is 18.5. The van der Waals surface area contributed by atoms with Crippen molar-refractivity contribution in [1.82, 2.24) is 0 Å². The summed E-state index contributed by atoms with van der Waals surface area (Å²) >= 11 is 0. The third kappa shape index (κ3) is 6.11. The fraction of sp³-hybridized carbons (Fsp3) is 0.296. The maximum Gasteiger partial charge on any atom is 0.122 e. The van der Waals surface area contributed by atoms with Gasteiger partial charge in [-0.2, -0.15) is 0 Å². The number of hydrogen-bond donors (Lipinski definition) is 2. The van der Waals surface area contributed by atoms with Gasteiger partial charge in [-0.25, -0.2) is 0 Å². The van der Waals surface area contributed by atoms with Crippen LogP contribution >= 0.6 is 0 Å². The molecular weight excluding hydrogens is 384 g/mol. The molecule has 31 heavy (non-hydrogen) atoms. The Kier molecular flexibility index (Phi) is 8.11. The summed E-state index contributed by atoms with van der Waals surface area (Å²) in [5, 5.41) is 7.55. The quantitative estimate of drug-likeness (QED) is 0.229. The van der Waals surface area contributed by atoms with Crippen molar-refractivity contribution in [3.63, 3.8) is 0 Å². The Balaban J connectivity index is 1.65. The average molecular weight is 417 g/mol. The summed E-state index contributed by atoms with van der Waals surface area (Å²) in [5.74, 6) is 1.95. The summed E-state index contributed by atoms with van der Waals surface area (Å²) in [4.78, 5) is 0. The number of nitrogens with one attached hydrogen (secondary N) is 1. The zero-order valence-electron chi connectivity index (χ0n) is 18.5. The zero-order chi connectivity index (χ0) is 22.1. The third-order valence-electron chi connectivity index (χ3n) is 5.20. The minimum absolute atomic E-state index is 0.0847. The fourth-order valence-electron chi connectivity index (χ4n) is 3.63. The van der Waals surface area contributed by atoms with Crippen molar-refractivity contribution in [2.75, 3.05) is 13.2 Å². The largest absolute Gasteiger partial charge is 0.490 e. The molecule has 0 heterocycles. The number of ether oxygens (including phenoxy) is 2. The molecule has 4 nitrogen and oxygen atoms in total. The molecule has 0 atom stereocenters. The van der Waals surface area contributed by atoms with Crippen LogP contribution in [0.3, 0.4) is 0 Å². The minimum atomic E-state index is 0.0847. The van der Waals surface area contributed by atoms with Gasteiger partial charge in [-0.15, -0.1) is 0 Å². The van der Waals surface area contributed by atoms with Crippen LogP contribution in [-0.4, -0.2) is 19.0 Å². The van der Waals surface area contributed by atoms with Gasteiger partial charge >= 0.3 is 0 Å². The molecule has 3 N–H and O–H groups in total. The van der Waals surface area contributed by atoms with Crippen molar-refractivity contribution in [2.45, 2.75) is 39.5 Å². The number of nitrogens with two attached hydrogens (primary N) is 1. The van der Waals surface area contributed by atoms with Crippen LogP contribution in [0.1, 0.15) is 43.4 Å². The lowest BCUT2D eigenvalue weighted by molar-refractivity contribution is 0.214. The van der Waals surface area contributed by atoms with E-state index in [4.69, 9.17) is 20.6 Å². The molecule has 0 aliphatic rings. The fourth-order valence-corrected chi connectivity index (χ4v) is 3.63. The molecule has 0 saturated carbocycles. The number of benzene rings is 3. The van der Waals surface area contributed by atoms with Crippen LogP contribution in [0.15, 0.2) is 66.7 Å². The summed E-state index contributed by atoms with van der Waals surface area (Å²) in [6, 6.07) is 22.3. The molecular formula is C27H32N2O2. The van der Waals surface area contributed by atoms with Gasteiger partial charge in [0.2, 0.25) is 0 Å². The van der Waals surface area contributed by atoms with Crippen LogP contribution in [-0.2, 0) is 12.8 Å². The highest BCUT2D eigenvalue weighted by molar-refractivity contribution is 5.95. The summed E-state index contributed by atoms with van der Waals surface area (Å²) in [6.45, 7) is 5.37. The molecule has 3 rings (SSSR count). The molecule has 162 valence electrons. The van der Waals surface area contributed by atoms with Gasteiger partial charge in [0.15, 0.2) is 0 Å². The van der Waals surface area contributed by atoms with Crippen molar-refractivity contribution in [2.24, 2.45) is 5.73 Å². The van der Waals surface area contributed by atoms with Crippen molar-refractivity contribution in [3.8, 4) is 22.6 Å². The van der Waals surface area contributed by atoms with E-state index in [0.717, 1.165) is 53.9 Å². The van der Waals surface area contributed by atoms with E-state index < -0.39 is 0 Å². The monoisotopic (exact) mass is 416 g/mol. The highest BCUT2D eigenvalue weighted by atomic mass is 16.5. The predicted octanol–water partition coefficient (Wildman–Crippen LogP) is 6.00. The van der Waals surface area contributed by atoms with Crippen molar-refractivity contribution >= 4 is 5.84 Å². The molecule has 0 saturated heterocycles. The van der Waals surface area contributed by atoms with Crippen molar-refractivity contribution in [1.29, 1.82) is 5.41 Å². The van der Waals surface area contributed by atoms with E-state index in [0.29, 0.717) is 13.2 Å². The molecule has 0 spiro atoms. The van der Waals surface area contributed by atoms with Gasteiger partial charge in [-0.3, -0.25) is 5.41 Å². The molecule has 0 fully saturated rings. The van der Waals surface area contributed by atoms with E-state index >= 15 is 0 Å². The molecule has 0 radical (unpaired) electrons. The second kappa shape index (κ2) is 11.2. The molecule has 0 aliphatic carbocycles. The summed E-state index contributed by atoms with van der Waals surface area (Å²) in [7, 11) is 0. The first kappa shape index (κ1) is 22.4. The van der Waals surface area contributed by atoms with E-state index in [9.17, 15) is 0 Å². The topological polar surface area (TPSA) is 68.3 Å². The first-order chi connectivity index (χ1) is 15.1. The Bertz CT molecular complexity index is 996. The van der Waals surface area contributed by atoms with E-state index in [-0.39, 0.29) is 5.84 Å². The normalized spacial score (nSPS) is 10.6. The predicted molar refractivity (Wildman–Crippen MR) is 128 cm³/mol. The highest BCUT2D eigenvalue weighted by Crippen LogP contribution is 2.28. The van der Waals surface area contributed by atoms with Crippen molar-refractivity contribution < 1.29 is 9.47 Å². The first-order valence-electron chi connectivity index (χ1n) is 11.0. The lowest BCUT2D eigenvalue weighted by Crippen LogP contribution is -2.11. The number of hydrogen-bond acceptors (Lipinski definition) is 3. The summed E-state index contributed by atoms with van der Waals surface area (Å²) < 4.78 is 12.1. The van der Waals surface area contributed by atoms with Gasteiger partial charge in [0.1, 0.15) is 30.5 Å². The van der Waals surface area contributed by atoms with Crippen LogP contribution in [0.2, 0.25) is 0 Å². The van der Waals surface area contributed by atoms with Crippen LogP contribution in [0.4, 0.5) is 0 Å². The Hall–Kier alpha value is -3.27. The Morgan fingerprint density at radius 3 is 1.97 bits per heavy atom. The average Bonchev–Trinajstić information content (AvgIpc) is 2.79. The molecule has 3 aromatic carbocycles. The van der Waals surface area contributed by atoms with Gasteiger partial charge < -0.3 is 15.2 Å². The third-order valence-corrected chi connectivity index (χ3v) is 5.20. The number of nitrogen functional groups attached to an aromatic ring is 1. The van der Waals surface area contributed by atoms with Crippen molar-refractivity contribution in [3.05, 3.63) is 83.4 Å². The summed E-state index contributed by atoms with van der Waals surface area (Å²) in [6.07, 6.45) is 4.12. The Morgan fingerprint density at radius 1 is 0.742 bits per heavy atom. The smallest absolute Gasteiger partial charge is 0.122 e. The number of aryl methyl sites for hydroxylation is 2. The first-order valence-corrected chi connectivity index (χ1v) is 11.0. The van der Waals surface area contributed by atoms with E-state index in [1.807, 2.05) is 42.5 Å². The van der Waals surface area contributed by atoms with Gasteiger partial charge in [0.25, 0.3) is 0 Å². The van der Waals surface area contributed by atoms with Crippen LogP contribution in [0, 0.1) is 5.41 Å². The molecule has 3 aromatic rings. The van der Waals surface area contributed by atoms with E-state index in [2.05, 4.69) is 38.1 Å². The minimum Gasteiger partial charge on any atom is -0.490 e. The van der Waals surface area contributed by atoms with Gasteiger partial charge in [0.05, 0.1) is 0 Å². The maximum absolute atomic E-state index is 7.55. The Labute approximate surface area is 185 Å². The molecule has 0 aromatic heterocycles.